The van der Waals surface area contributed by atoms with Crippen molar-refractivity contribution in [1.29, 1.82) is 0 Å². The third-order valence-corrected chi connectivity index (χ3v) is 4.04. The smallest absolute Gasteiger partial charge is 0.340 e. The molecule has 3 aromatic rings. The highest BCUT2D eigenvalue weighted by Crippen LogP contribution is 2.36. The van der Waals surface area contributed by atoms with Crippen molar-refractivity contribution in [2.24, 2.45) is 4.99 Å². The zero-order valence-corrected chi connectivity index (χ0v) is 15.3. The van der Waals surface area contributed by atoms with Crippen LogP contribution in [0.5, 0.6) is 0 Å². The van der Waals surface area contributed by atoms with Crippen LogP contribution in [0.1, 0.15) is 16.8 Å². The maximum Gasteiger partial charge on any atom is 0.418 e. The minimum atomic E-state index is -4.53. The predicted octanol–water partition coefficient (Wildman–Crippen LogP) is 6.81. The maximum atomic E-state index is 13.1. The molecule has 156 valence electrons. The second kappa shape index (κ2) is 8.56. The van der Waals surface area contributed by atoms with Gasteiger partial charge in [-0.25, -0.2) is 4.98 Å². The summed E-state index contributed by atoms with van der Waals surface area (Å²) in [6.07, 6.45) is -7.68. The number of pyridine rings is 1. The van der Waals surface area contributed by atoms with E-state index in [0.29, 0.717) is 5.69 Å². The molecule has 2 aromatic carbocycles. The average molecular weight is 423 g/mol. The van der Waals surface area contributed by atoms with Crippen LogP contribution in [0.25, 0.3) is 0 Å². The SMILES string of the molecule is FC(F)(F)c1ccccc1N=CCc1cccc(Nc2ccccc2C(F)(F)F)n1. The van der Waals surface area contributed by atoms with Gasteiger partial charge in [-0.15, -0.1) is 0 Å². The summed E-state index contributed by atoms with van der Waals surface area (Å²) in [5, 5.41) is 2.63. The summed E-state index contributed by atoms with van der Waals surface area (Å²) in [5.41, 5.74) is -1.63. The molecule has 0 saturated carbocycles. The highest BCUT2D eigenvalue weighted by atomic mass is 19.4. The molecule has 1 N–H and O–H groups in total. The number of nitrogens with one attached hydrogen (secondary N) is 1. The summed E-state index contributed by atoms with van der Waals surface area (Å²) < 4.78 is 78.4. The summed E-state index contributed by atoms with van der Waals surface area (Å²) in [7, 11) is 0. The van der Waals surface area contributed by atoms with Crippen molar-refractivity contribution in [2.75, 3.05) is 5.32 Å². The molecular formula is C21H15F6N3. The molecule has 0 aliphatic carbocycles. The van der Waals surface area contributed by atoms with Crippen LogP contribution in [-0.4, -0.2) is 11.2 Å². The lowest BCUT2D eigenvalue weighted by atomic mass is 10.1. The largest absolute Gasteiger partial charge is 0.418 e. The van der Waals surface area contributed by atoms with E-state index >= 15 is 0 Å². The van der Waals surface area contributed by atoms with Gasteiger partial charge in [-0.05, 0) is 36.4 Å². The third kappa shape index (κ3) is 5.37. The third-order valence-electron chi connectivity index (χ3n) is 4.04. The topological polar surface area (TPSA) is 37.3 Å². The molecule has 0 aliphatic heterocycles. The Hall–Kier alpha value is -3.36. The van der Waals surface area contributed by atoms with E-state index in [1.54, 1.807) is 12.1 Å². The van der Waals surface area contributed by atoms with Crippen LogP contribution in [0.4, 0.5) is 43.5 Å². The monoisotopic (exact) mass is 423 g/mol. The number of aliphatic imine (C=N–C) groups is 1. The number of benzene rings is 2. The summed E-state index contributed by atoms with van der Waals surface area (Å²) in [5.74, 6) is 0.174. The highest BCUT2D eigenvalue weighted by molar-refractivity contribution is 5.68. The Balaban J connectivity index is 1.76. The predicted molar refractivity (Wildman–Crippen MR) is 102 cm³/mol. The number of hydrogen-bond donors (Lipinski definition) is 1. The van der Waals surface area contributed by atoms with Crippen LogP contribution >= 0.6 is 0 Å². The number of halogens is 6. The number of alkyl halides is 6. The first-order chi connectivity index (χ1) is 14.1. The fourth-order valence-corrected chi connectivity index (χ4v) is 2.70. The summed E-state index contributed by atoms with van der Waals surface area (Å²) in [6, 6.07) is 14.6. The van der Waals surface area contributed by atoms with E-state index in [2.05, 4.69) is 15.3 Å². The number of nitrogens with zero attached hydrogens (tertiary/aromatic N) is 2. The number of hydrogen-bond acceptors (Lipinski definition) is 3. The highest BCUT2D eigenvalue weighted by Gasteiger charge is 2.33. The fraction of sp³-hybridized carbons (Fsp3) is 0.143. The van der Waals surface area contributed by atoms with Gasteiger partial charge < -0.3 is 5.32 Å². The summed E-state index contributed by atoms with van der Waals surface area (Å²) in [6.45, 7) is 0. The molecule has 3 rings (SSSR count). The zero-order valence-electron chi connectivity index (χ0n) is 15.3. The lowest BCUT2D eigenvalue weighted by molar-refractivity contribution is -0.137. The van der Waals surface area contributed by atoms with E-state index in [4.69, 9.17) is 0 Å². The second-order valence-corrected chi connectivity index (χ2v) is 6.21. The van der Waals surface area contributed by atoms with Crippen molar-refractivity contribution < 1.29 is 26.3 Å². The van der Waals surface area contributed by atoms with Gasteiger partial charge in [0.05, 0.1) is 22.5 Å². The van der Waals surface area contributed by atoms with Crippen molar-refractivity contribution in [2.45, 2.75) is 18.8 Å². The van der Waals surface area contributed by atoms with Gasteiger partial charge >= 0.3 is 12.4 Å². The quantitative estimate of drug-likeness (QED) is 0.362. The Kier molecular flexibility index (Phi) is 6.09. The van der Waals surface area contributed by atoms with Gasteiger partial charge in [0.15, 0.2) is 0 Å². The van der Waals surface area contributed by atoms with Crippen LogP contribution in [0.3, 0.4) is 0 Å². The van der Waals surface area contributed by atoms with Crippen molar-refractivity contribution >= 4 is 23.4 Å². The Bertz CT molecular complexity index is 1040. The van der Waals surface area contributed by atoms with Gasteiger partial charge in [-0.1, -0.05) is 30.3 Å². The first kappa shape index (κ1) is 21.4. The lowest BCUT2D eigenvalue weighted by Crippen LogP contribution is -2.09. The Morgan fingerprint density at radius 2 is 1.40 bits per heavy atom. The van der Waals surface area contributed by atoms with Gasteiger partial charge in [-0.2, -0.15) is 26.3 Å². The molecular weight excluding hydrogens is 408 g/mol. The van der Waals surface area contributed by atoms with E-state index < -0.39 is 23.5 Å². The lowest BCUT2D eigenvalue weighted by Gasteiger charge is -2.14. The Morgan fingerprint density at radius 1 is 0.767 bits per heavy atom. The zero-order chi connectivity index (χ0) is 21.8. The molecule has 30 heavy (non-hydrogen) atoms. The molecule has 0 radical (unpaired) electrons. The minimum Gasteiger partial charge on any atom is -0.340 e. The van der Waals surface area contributed by atoms with E-state index in [1.165, 1.54) is 48.7 Å². The van der Waals surface area contributed by atoms with E-state index in [9.17, 15) is 26.3 Å². The molecule has 1 aromatic heterocycles. The molecule has 0 unspecified atom stereocenters. The molecule has 0 amide bonds. The second-order valence-electron chi connectivity index (χ2n) is 6.21. The molecule has 9 heteroatoms. The van der Waals surface area contributed by atoms with E-state index in [1.807, 2.05) is 0 Å². The van der Waals surface area contributed by atoms with E-state index in [-0.39, 0.29) is 23.6 Å². The summed E-state index contributed by atoms with van der Waals surface area (Å²) in [4.78, 5) is 8.08. The van der Waals surface area contributed by atoms with Gasteiger partial charge in [0, 0.05) is 18.3 Å². The van der Waals surface area contributed by atoms with Crippen LogP contribution in [-0.2, 0) is 18.8 Å². The number of rotatable bonds is 5. The molecule has 0 saturated heterocycles. The van der Waals surface area contributed by atoms with Gasteiger partial charge in [0.2, 0.25) is 0 Å². The molecule has 0 aliphatic rings. The van der Waals surface area contributed by atoms with E-state index in [0.717, 1.165) is 12.1 Å². The van der Waals surface area contributed by atoms with Crippen molar-refractivity contribution in [1.82, 2.24) is 4.98 Å². The summed E-state index contributed by atoms with van der Waals surface area (Å²) >= 11 is 0. The van der Waals surface area contributed by atoms with Crippen LogP contribution in [0.15, 0.2) is 71.7 Å². The number of para-hydroxylation sites is 2. The fourth-order valence-electron chi connectivity index (χ4n) is 2.70. The maximum absolute atomic E-state index is 13.1. The molecule has 1 heterocycles. The van der Waals surface area contributed by atoms with Crippen molar-refractivity contribution in [3.05, 3.63) is 83.6 Å². The van der Waals surface area contributed by atoms with Crippen LogP contribution in [0, 0.1) is 0 Å². The normalized spacial score (nSPS) is 12.3. The molecule has 0 bridgehead atoms. The van der Waals surface area contributed by atoms with Crippen molar-refractivity contribution in [3.8, 4) is 0 Å². The Labute approximate surface area is 168 Å². The minimum absolute atomic E-state index is 0.0998. The molecule has 0 atom stereocenters. The average Bonchev–Trinajstić information content (AvgIpc) is 2.67. The van der Waals surface area contributed by atoms with Crippen LogP contribution in [0.2, 0.25) is 0 Å². The first-order valence-corrected chi connectivity index (χ1v) is 8.72. The number of aromatic nitrogens is 1. The van der Waals surface area contributed by atoms with Crippen molar-refractivity contribution in [3.63, 3.8) is 0 Å². The van der Waals surface area contributed by atoms with Gasteiger partial charge in [-0.3, -0.25) is 4.99 Å². The molecule has 0 fully saturated rings. The Morgan fingerprint density at radius 3 is 2.10 bits per heavy atom. The molecule has 3 nitrogen and oxygen atoms in total. The van der Waals surface area contributed by atoms with Gasteiger partial charge in [0.1, 0.15) is 5.82 Å². The van der Waals surface area contributed by atoms with Gasteiger partial charge in [0.25, 0.3) is 0 Å². The standard InChI is InChI=1S/C21H15F6N3/c22-20(23,24)15-7-1-3-9-17(15)28-13-12-14-6-5-11-19(29-14)30-18-10-4-2-8-16(18)21(25,26)27/h1-11,13H,12H2,(H,29,30). The number of anilines is 2. The first-order valence-electron chi connectivity index (χ1n) is 8.72. The molecule has 0 spiro atoms. The van der Waals surface area contributed by atoms with Crippen LogP contribution < -0.4 is 5.32 Å².